The SMILES string of the molecule is CCC1OCCC1C(O)Cc1ncnn1CC. The van der Waals surface area contributed by atoms with Gasteiger partial charge in [0.05, 0.1) is 12.2 Å². The van der Waals surface area contributed by atoms with Crippen LogP contribution in [0.25, 0.3) is 0 Å². The van der Waals surface area contributed by atoms with Gasteiger partial charge in [-0.2, -0.15) is 5.10 Å². The Balaban J connectivity index is 1.99. The van der Waals surface area contributed by atoms with E-state index in [1.807, 2.05) is 11.6 Å². The molecule has 1 aliphatic rings. The van der Waals surface area contributed by atoms with Crippen LogP contribution in [0.5, 0.6) is 0 Å². The number of aryl methyl sites for hydroxylation is 1. The van der Waals surface area contributed by atoms with Crippen LogP contribution < -0.4 is 0 Å². The lowest BCUT2D eigenvalue weighted by Gasteiger charge is -2.22. The number of rotatable bonds is 5. The zero-order valence-electron chi connectivity index (χ0n) is 10.5. The Hall–Kier alpha value is -0.940. The van der Waals surface area contributed by atoms with E-state index in [1.165, 1.54) is 0 Å². The van der Waals surface area contributed by atoms with Crippen molar-refractivity contribution in [3.8, 4) is 0 Å². The second-order valence-electron chi connectivity index (χ2n) is 4.53. The summed E-state index contributed by atoms with van der Waals surface area (Å²) in [6.45, 7) is 5.68. The first-order valence-electron chi connectivity index (χ1n) is 6.42. The van der Waals surface area contributed by atoms with Gasteiger partial charge in [-0.25, -0.2) is 4.98 Å². The minimum Gasteiger partial charge on any atom is -0.392 e. The quantitative estimate of drug-likeness (QED) is 0.833. The third-order valence-corrected chi connectivity index (χ3v) is 3.54. The average molecular weight is 239 g/mol. The zero-order valence-corrected chi connectivity index (χ0v) is 10.5. The predicted octanol–water partition coefficient (Wildman–Crippen LogP) is 1.02. The average Bonchev–Trinajstić information content (AvgIpc) is 2.96. The fourth-order valence-electron chi connectivity index (χ4n) is 2.57. The van der Waals surface area contributed by atoms with E-state index in [0.717, 1.165) is 31.8 Å². The fourth-order valence-corrected chi connectivity index (χ4v) is 2.57. The Labute approximate surface area is 102 Å². The van der Waals surface area contributed by atoms with Gasteiger partial charge in [0.1, 0.15) is 12.2 Å². The van der Waals surface area contributed by atoms with Gasteiger partial charge in [0.2, 0.25) is 0 Å². The van der Waals surface area contributed by atoms with Crippen molar-refractivity contribution >= 4 is 0 Å². The summed E-state index contributed by atoms with van der Waals surface area (Å²) in [6, 6.07) is 0. The first-order chi connectivity index (χ1) is 8.26. The largest absolute Gasteiger partial charge is 0.392 e. The lowest BCUT2D eigenvalue weighted by atomic mass is 9.91. The van der Waals surface area contributed by atoms with Crippen LogP contribution >= 0.6 is 0 Å². The molecule has 5 nitrogen and oxygen atoms in total. The molecule has 0 spiro atoms. The molecule has 96 valence electrons. The van der Waals surface area contributed by atoms with Gasteiger partial charge >= 0.3 is 0 Å². The van der Waals surface area contributed by atoms with Gasteiger partial charge in [0.25, 0.3) is 0 Å². The van der Waals surface area contributed by atoms with E-state index in [9.17, 15) is 5.11 Å². The van der Waals surface area contributed by atoms with E-state index >= 15 is 0 Å². The fraction of sp³-hybridized carbons (Fsp3) is 0.833. The second kappa shape index (κ2) is 5.60. The van der Waals surface area contributed by atoms with Crippen molar-refractivity contribution < 1.29 is 9.84 Å². The number of aliphatic hydroxyl groups excluding tert-OH is 1. The van der Waals surface area contributed by atoms with Crippen LogP contribution in [0.2, 0.25) is 0 Å². The maximum atomic E-state index is 10.3. The molecule has 0 aromatic carbocycles. The second-order valence-corrected chi connectivity index (χ2v) is 4.53. The topological polar surface area (TPSA) is 60.2 Å². The molecule has 5 heteroatoms. The molecule has 3 atom stereocenters. The van der Waals surface area contributed by atoms with Crippen molar-refractivity contribution in [3.63, 3.8) is 0 Å². The summed E-state index contributed by atoms with van der Waals surface area (Å²) in [7, 11) is 0. The van der Waals surface area contributed by atoms with Crippen molar-refractivity contribution in [2.24, 2.45) is 5.92 Å². The number of aromatic nitrogens is 3. The van der Waals surface area contributed by atoms with Crippen molar-refractivity contribution in [2.75, 3.05) is 6.61 Å². The molecule has 1 aromatic heterocycles. The highest BCUT2D eigenvalue weighted by molar-refractivity contribution is 4.92. The van der Waals surface area contributed by atoms with Gasteiger partial charge in [-0.3, -0.25) is 4.68 Å². The van der Waals surface area contributed by atoms with Gasteiger partial charge in [0.15, 0.2) is 0 Å². The predicted molar refractivity (Wildman–Crippen MR) is 63.5 cm³/mol. The molecule has 0 amide bonds. The molecule has 0 bridgehead atoms. The van der Waals surface area contributed by atoms with Gasteiger partial charge in [-0.05, 0) is 19.8 Å². The Morgan fingerprint density at radius 3 is 3.12 bits per heavy atom. The van der Waals surface area contributed by atoms with Crippen molar-refractivity contribution in [1.29, 1.82) is 0 Å². The van der Waals surface area contributed by atoms with Crippen molar-refractivity contribution in [1.82, 2.24) is 14.8 Å². The summed E-state index contributed by atoms with van der Waals surface area (Å²) >= 11 is 0. The van der Waals surface area contributed by atoms with Crippen LogP contribution in [0.4, 0.5) is 0 Å². The van der Waals surface area contributed by atoms with Gasteiger partial charge in [0, 0.05) is 25.5 Å². The molecular weight excluding hydrogens is 218 g/mol. The lowest BCUT2D eigenvalue weighted by Crippen LogP contribution is -2.30. The summed E-state index contributed by atoms with van der Waals surface area (Å²) < 4.78 is 7.44. The third kappa shape index (κ3) is 2.66. The molecule has 2 rings (SSSR count). The number of aliphatic hydroxyl groups is 1. The minimum absolute atomic E-state index is 0.197. The number of nitrogens with zero attached hydrogens (tertiary/aromatic N) is 3. The van der Waals surface area contributed by atoms with Gasteiger partial charge in [-0.1, -0.05) is 6.92 Å². The van der Waals surface area contributed by atoms with Crippen LogP contribution in [0, 0.1) is 5.92 Å². The van der Waals surface area contributed by atoms with Crippen LogP contribution in [0.1, 0.15) is 32.5 Å². The third-order valence-electron chi connectivity index (χ3n) is 3.54. The molecule has 3 unspecified atom stereocenters. The summed E-state index contributed by atoms with van der Waals surface area (Å²) in [5.74, 6) is 1.10. The zero-order chi connectivity index (χ0) is 12.3. The molecule has 0 saturated carbocycles. The normalized spacial score (nSPS) is 26.3. The van der Waals surface area contributed by atoms with E-state index in [1.54, 1.807) is 6.33 Å². The molecule has 0 aliphatic carbocycles. The molecule has 1 saturated heterocycles. The lowest BCUT2D eigenvalue weighted by molar-refractivity contribution is 0.0305. The molecule has 0 radical (unpaired) electrons. The first-order valence-corrected chi connectivity index (χ1v) is 6.42. The summed E-state index contributed by atoms with van der Waals surface area (Å²) in [6.07, 6.45) is 3.84. The Morgan fingerprint density at radius 1 is 1.59 bits per heavy atom. The van der Waals surface area contributed by atoms with Gasteiger partial charge < -0.3 is 9.84 Å². The van der Waals surface area contributed by atoms with Crippen molar-refractivity contribution in [3.05, 3.63) is 12.2 Å². The summed E-state index contributed by atoms with van der Waals surface area (Å²) in [5, 5.41) is 14.4. The highest BCUT2D eigenvalue weighted by atomic mass is 16.5. The minimum atomic E-state index is -0.378. The maximum absolute atomic E-state index is 10.3. The molecule has 1 aromatic rings. The monoisotopic (exact) mass is 239 g/mol. The smallest absolute Gasteiger partial charge is 0.138 e. The molecule has 2 heterocycles. The van der Waals surface area contributed by atoms with E-state index in [2.05, 4.69) is 17.0 Å². The maximum Gasteiger partial charge on any atom is 0.138 e. The van der Waals surface area contributed by atoms with Crippen LogP contribution in [0.15, 0.2) is 6.33 Å². The standard InChI is InChI=1S/C12H21N3O2/c1-3-11-9(5-6-17-11)10(16)7-12-13-8-14-15(12)4-2/h8-11,16H,3-7H2,1-2H3. The van der Waals surface area contributed by atoms with Crippen LogP contribution in [-0.4, -0.2) is 38.7 Å². The molecule has 17 heavy (non-hydrogen) atoms. The van der Waals surface area contributed by atoms with E-state index < -0.39 is 0 Å². The Bertz CT molecular complexity index is 353. The number of ether oxygens (including phenoxy) is 1. The molecule has 1 fully saturated rings. The number of hydrogen-bond donors (Lipinski definition) is 1. The first kappa shape index (κ1) is 12.5. The summed E-state index contributed by atoms with van der Waals surface area (Å²) in [4.78, 5) is 4.20. The van der Waals surface area contributed by atoms with E-state index in [0.29, 0.717) is 6.42 Å². The van der Waals surface area contributed by atoms with Gasteiger partial charge in [-0.15, -0.1) is 0 Å². The summed E-state index contributed by atoms with van der Waals surface area (Å²) in [5.41, 5.74) is 0. The Morgan fingerprint density at radius 2 is 2.41 bits per heavy atom. The highest BCUT2D eigenvalue weighted by Gasteiger charge is 2.33. The molecule has 1 aliphatic heterocycles. The van der Waals surface area contributed by atoms with Crippen LogP contribution in [-0.2, 0) is 17.7 Å². The Kier molecular flexibility index (Phi) is 4.12. The molecule has 1 N–H and O–H groups in total. The molecular formula is C12H21N3O2. The van der Waals surface area contributed by atoms with E-state index in [-0.39, 0.29) is 18.1 Å². The highest BCUT2D eigenvalue weighted by Crippen LogP contribution is 2.27. The van der Waals surface area contributed by atoms with E-state index in [4.69, 9.17) is 4.74 Å². The number of hydrogen-bond acceptors (Lipinski definition) is 4. The van der Waals surface area contributed by atoms with Crippen molar-refractivity contribution in [2.45, 2.75) is 51.9 Å². The van der Waals surface area contributed by atoms with Crippen LogP contribution in [0.3, 0.4) is 0 Å².